The van der Waals surface area contributed by atoms with E-state index in [4.69, 9.17) is 4.42 Å². The summed E-state index contributed by atoms with van der Waals surface area (Å²) >= 11 is 0. The molecule has 0 saturated heterocycles. The summed E-state index contributed by atoms with van der Waals surface area (Å²) < 4.78 is 6.39. The van der Waals surface area contributed by atoms with Crippen molar-refractivity contribution in [2.24, 2.45) is 0 Å². The summed E-state index contributed by atoms with van der Waals surface area (Å²) in [4.78, 5) is 0. The molecular formula is C49H34O. The second kappa shape index (κ2) is 12.2. The van der Waals surface area contributed by atoms with Crippen molar-refractivity contribution in [1.82, 2.24) is 0 Å². The van der Waals surface area contributed by atoms with Crippen LogP contribution in [-0.4, -0.2) is 0 Å². The second-order valence-electron chi connectivity index (χ2n) is 12.8. The highest BCUT2D eigenvalue weighted by molar-refractivity contribution is 6.24. The van der Waals surface area contributed by atoms with Crippen LogP contribution in [0.25, 0.3) is 98.4 Å². The highest BCUT2D eigenvalue weighted by Crippen LogP contribution is 2.47. The van der Waals surface area contributed by atoms with Crippen LogP contribution in [0.15, 0.2) is 187 Å². The first-order valence-electron chi connectivity index (χ1n) is 17.2. The van der Waals surface area contributed by atoms with Gasteiger partial charge in [0.05, 0.1) is 0 Å². The molecule has 1 aromatic heterocycles. The highest BCUT2D eigenvalue weighted by atomic mass is 16.3. The molecule has 1 nitrogen and oxygen atoms in total. The van der Waals surface area contributed by atoms with Crippen LogP contribution in [0, 0.1) is 0 Å². The predicted octanol–water partition coefficient (Wildman–Crippen LogP) is 14.4. The Morgan fingerprint density at radius 1 is 0.380 bits per heavy atom. The second-order valence-corrected chi connectivity index (χ2v) is 12.8. The fraction of sp³-hybridized carbons (Fsp3) is 0.0204. The molecule has 0 saturated carbocycles. The number of furan rings is 1. The van der Waals surface area contributed by atoms with Crippen molar-refractivity contribution >= 4 is 65.0 Å². The van der Waals surface area contributed by atoms with Gasteiger partial charge in [-0.3, -0.25) is 0 Å². The number of benzene rings is 9. The first-order valence-corrected chi connectivity index (χ1v) is 17.2. The Morgan fingerprint density at radius 2 is 0.860 bits per heavy atom. The molecule has 0 fully saturated rings. The van der Waals surface area contributed by atoms with E-state index in [1.165, 1.54) is 76.5 Å². The SMILES string of the molecule is C=CC.c1ccc(-c2ccc(-c3c4ccccc4c(-c4ccc5oc6cc7ccccc7cc6c5c4)c4ccccc34)c3ccccc23)cc1. The van der Waals surface area contributed by atoms with Crippen LogP contribution in [0.3, 0.4) is 0 Å². The van der Waals surface area contributed by atoms with Gasteiger partial charge in [-0.1, -0.05) is 152 Å². The van der Waals surface area contributed by atoms with E-state index in [9.17, 15) is 0 Å². The highest BCUT2D eigenvalue weighted by Gasteiger charge is 2.20. The van der Waals surface area contributed by atoms with E-state index in [1.54, 1.807) is 6.08 Å². The van der Waals surface area contributed by atoms with E-state index in [0.717, 1.165) is 21.9 Å². The molecule has 0 aliphatic rings. The zero-order valence-corrected chi connectivity index (χ0v) is 27.9. The summed E-state index contributed by atoms with van der Waals surface area (Å²) in [5.41, 5.74) is 9.29. The van der Waals surface area contributed by atoms with Crippen LogP contribution in [0.2, 0.25) is 0 Å². The Bertz CT molecular complexity index is 2830. The molecule has 236 valence electrons. The van der Waals surface area contributed by atoms with Gasteiger partial charge in [-0.05, 0) is 108 Å². The maximum atomic E-state index is 6.39. The minimum atomic E-state index is 0.911. The average Bonchev–Trinajstić information content (AvgIpc) is 3.53. The Balaban J connectivity index is 0.00000109. The van der Waals surface area contributed by atoms with E-state index < -0.39 is 0 Å². The molecule has 50 heavy (non-hydrogen) atoms. The third-order valence-electron chi connectivity index (χ3n) is 9.84. The molecule has 9 aromatic carbocycles. The lowest BCUT2D eigenvalue weighted by Crippen LogP contribution is -1.92. The summed E-state index contributed by atoms with van der Waals surface area (Å²) in [6, 6.07) is 61.6. The van der Waals surface area contributed by atoms with Crippen molar-refractivity contribution in [2.75, 3.05) is 0 Å². The molecule has 0 spiro atoms. The summed E-state index contributed by atoms with van der Waals surface area (Å²) in [7, 11) is 0. The molecule has 0 amide bonds. The minimum Gasteiger partial charge on any atom is -0.456 e. The summed E-state index contributed by atoms with van der Waals surface area (Å²) in [6.07, 6.45) is 1.75. The largest absolute Gasteiger partial charge is 0.456 e. The summed E-state index contributed by atoms with van der Waals surface area (Å²) in [5, 5.41) is 12.2. The van der Waals surface area contributed by atoms with Gasteiger partial charge in [-0.25, -0.2) is 0 Å². The van der Waals surface area contributed by atoms with Gasteiger partial charge in [-0.15, -0.1) is 6.58 Å². The van der Waals surface area contributed by atoms with Gasteiger partial charge in [0.25, 0.3) is 0 Å². The molecule has 1 heteroatoms. The average molecular weight is 639 g/mol. The number of hydrogen-bond acceptors (Lipinski definition) is 1. The Labute approximate surface area is 291 Å². The van der Waals surface area contributed by atoms with Gasteiger partial charge in [0.1, 0.15) is 11.2 Å². The number of fused-ring (bicyclic) bond motifs is 7. The van der Waals surface area contributed by atoms with Gasteiger partial charge in [0, 0.05) is 10.8 Å². The standard InChI is InChI=1S/C46H28O.C3H6/c1-2-12-29(13-3-1)33-23-24-40(35-17-7-6-16-34(33)35)46-38-20-10-8-18-36(38)45(37-19-9-11-21-39(37)46)32-22-25-43-41(27-32)42-26-30-14-4-5-15-31(30)28-44(42)47-43;1-3-2/h1-28H;3H,1H2,2H3. The van der Waals surface area contributed by atoms with Crippen molar-refractivity contribution in [3.63, 3.8) is 0 Å². The third kappa shape index (κ3) is 4.78. The van der Waals surface area contributed by atoms with Crippen molar-refractivity contribution in [2.45, 2.75) is 6.92 Å². The van der Waals surface area contributed by atoms with Crippen molar-refractivity contribution in [3.05, 3.63) is 183 Å². The van der Waals surface area contributed by atoms with E-state index in [0.29, 0.717) is 0 Å². The first kappa shape index (κ1) is 29.7. The summed E-state index contributed by atoms with van der Waals surface area (Å²) in [5.74, 6) is 0. The first-order chi connectivity index (χ1) is 24.7. The summed E-state index contributed by atoms with van der Waals surface area (Å²) in [6.45, 7) is 5.25. The lowest BCUT2D eigenvalue weighted by molar-refractivity contribution is 0.669. The molecule has 10 rings (SSSR count). The molecule has 0 radical (unpaired) electrons. The van der Waals surface area contributed by atoms with Gasteiger partial charge >= 0.3 is 0 Å². The van der Waals surface area contributed by atoms with Gasteiger partial charge in [0.15, 0.2) is 0 Å². The minimum absolute atomic E-state index is 0.911. The molecule has 0 bridgehead atoms. The van der Waals surface area contributed by atoms with Crippen LogP contribution in [0.5, 0.6) is 0 Å². The van der Waals surface area contributed by atoms with Crippen molar-refractivity contribution < 1.29 is 4.42 Å². The fourth-order valence-corrected chi connectivity index (χ4v) is 7.73. The molecule has 1 heterocycles. The van der Waals surface area contributed by atoms with Crippen LogP contribution < -0.4 is 0 Å². The molecule has 0 unspecified atom stereocenters. The van der Waals surface area contributed by atoms with Crippen LogP contribution in [0.4, 0.5) is 0 Å². The Hall–Kier alpha value is -6.44. The number of rotatable bonds is 3. The van der Waals surface area contributed by atoms with E-state index in [2.05, 4.69) is 176 Å². The molecule has 0 N–H and O–H groups in total. The monoisotopic (exact) mass is 638 g/mol. The zero-order chi connectivity index (χ0) is 33.6. The normalized spacial score (nSPS) is 11.4. The van der Waals surface area contributed by atoms with Gasteiger partial charge in [0.2, 0.25) is 0 Å². The lowest BCUT2D eigenvalue weighted by atomic mass is 9.83. The van der Waals surface area contributed by atoms with E-state index in [1.807, 2.05) is 6.92 Å². The molecule has 10 aromatic rings. The third-order valence-corrected chi connectivity index (χ3v) is 9.84. The van der Waals surface area contributed by atoms with Crippen LogP contribution in [0.1, 0.15) is 6.92 Å². The maximum Gasteiger partial charge on any atom is 0.136 e. The number of hydrogen-bond donors (Lipinski definition) is 0. The molecule has 0 aliphatic heterocycles. The predicted molar refractivity (Wildman–Crippen MR) is 216 cm³/mol. The Kier molecular flexibility index (Phi) is 7.25. The van der Waals surface area contributed by atoms with Gasteiger partial charge < -0.3 is 4.42 Å². The molecular weight excluding hydrogens is 605 g/mol. The number of allylic oxidation sites excluding steroid dienone is 1. The van der Waals surface area contributed by atoms with Crippen molar-refractivity contribution in [3.8, 4) is 33.4 Å². The topological polar surface area (TPSA) is 13.1 Å². The van der Waals surface area contributed by atoms with E-state index >= 15 is 0 Å². The maximum absolute atomic E-state index is 6.39. The lowest BCUT2D eigenvalue weighted by Gasteiger charge is -2.19. The Morgan fingerprint density at radius 3 is 1.50 bits per heavy atom. The molecule has 0 aliphatic carbocycles. The fourth-order valence-electron chi connectivity index (χ4n) is 7.73. The van der Waals surface area contributed by atoms with Crippen LogP contribution >= 0.6 is 0 Å². The quantitative estimate of drug-likeness (QED) is 0.139. The molecule has 0 atom stereocenters. The van der Waals surface area contributed by atoms with Gasteiger partial charge in [-0.2, -0.15) is 0 Å². The van der Waals surface area contributed by atoms with Crippen LogP contribution in [-0.2, 0) is 0 Å². The van der Waals surface area contributed by atoms with E-state index in [-0.39, 0.29) is 0 Å². The van der Waals surface area contributed by atoms with Crippen molar-refractivity contribution in [1.29, 1.82) is 0 Å². The zero-order valence-electron chi connectivity index (χ0n) is 27.9. The smallest absolute Gasteiger partial charge is 0.136 e.